The van der Waals surface area contributed by atoms with Crippen LogP contribution in [0.4, 0.5) is 0 Å². The Labute approximate surface area is 70.4 Å². The van der Waals surface area contributed by atoms with Gasteiger partial charge in [-0.1, -0.05) is 0 Å². The second-order valence-corrected chi connectivity index (χ2v) is 3.33. The Morgan fingerprint density at radius 2 is 2.10 bits per heavy atom. The highest BCUT2D eigenvalue weighted by atomic mass is 32.2. The normalized spacial score (nSPS) is 10.7. The van der Waals surface area contributed by atoms with Gasteiger partial charge in [0.1, 0.15) is 6.34 Å². The minimum atomic E-state index is 1.30. The summed E-state index contributed by atoms with van der Waals surface area (Å²) in [6, 6.07) is 0. The molecule has 0 saturated heterocycles. The van der Waals surface area contributed by atoms with E-state index in [4.69, 9.17) is 0 Å². The minimum absolute atomic E-state index is 1.30. The molecule has 0 aliphatic heterocycles. The summed E-state index contributed by atoms with van der Waals surface area (Å²) in [5, 5.41) is 0. The summed E-state index contributed by atoms with van der Waals surface area (Å²) in [5.74, 6) is 0. The van der Waals surface area contributed by atoms with Gasteiger partial charge in [0.2, 0.25) is 0 Å². The van der Waals surface area contributed by atoms with Crippen molar-refractivity contribution in [2.75, 3.05) is 21.1 Å². The molecule has 0 aromatic carbocycles. The highest BCUT2D eigenvalue weighted by molar-refractivity contribution is 7.96. The van der Waals surface area contributed by atoms with E-state index in [1.165, 1.54) is 24.3 Å². The third-order valence-corrected chi connectivity index (χ3v) is 1.54. The number of rotatable bonds is 5. The Morgan fingerprint density at radius 1 is 1.40 bits per heavy atom. The first-order chi connectivity index (χ1) is 4.81. The van der Waals surface area contributed by atoms with Crippen LogP contribution in [0.5, 0.6) is 0 Å². The molecule has 0 rings (SSSR count). The van der Waals surface area contributed by atoms with Gasteiger partial charge in [0.05, 0.1) is 12.1 Å². The van der Waals surface area contributed by atoms with E-state index in [1.807, 2.05) is 25.4 Å². The van der Waals surface area contributed by atoms with Crippen LogP contribution in [0.25, 0.3) is 0 Å². The van der Waals surface area contributed by atoms with Crippen LogP contribution in [0, 0.1) is 0 Å². The molecule has 0 aromatic heterocycles. The fourth-order valence-electron chi connectivity index (χ4n) is 0.310. The zero-order valence-corrected chi connectivity index (χ0v) is 7.92. The smallest absolute Gasteiger partial charge is 0.111 e. The van der Waals surface area contributed by atoms with E-state index < -0.39 is 0 Å². The van der Waals surface area contributed by atoms with Crippen LogP contribution in [0.3, 0.4) is 0 Å². The lowest BCUT2D eigenvalue weighted by Gasteiger charge is -2.07. The Morgan fingerprint density at radius 3 is 2.60 bits per heavy atom. The van der Waals surface area contributed by atoms with Gasteiger partial charge < -0.3 is 0 Å². The van der Waals surface area contributed by atoms with Gasteiger partial charge in [-0.25, -0.2) is 9.44 Å². The predicted molar refractivity (Wildman–Crippen MR) is 49.6 cm³/mol. The largest absolute Gasteiger partial charge is 0.296 e. The lowest BCUT2D eigenvalue weighted by atomic mass is 11.2. The lowest BCUT2D eigenvalue weighted by Crippen LogP contribution is -2.11. The van der Waals surface area contributed by atoms with E-state index in [0.29, 0.717) is 0 Å². The van der Waals surface area contributed by atoms with Crippen molar-refractivity contribution in [1.82, 2.24) is 13.7 Å². The summed E-state index contributed by atoms with van der Waals surface area (Å²) >= 11 is 2.77. The number of nitrogens with zero attached hydrogens (tertiary/aromatic N) is 2. The Bertz CT molecular complexity index is 97.3. The number of hydrogen-bond donors (Lipinski definition) is 2. The second-order valence-electron chi connectivity index (χ2n) is 1.36. The van der Waals surface area contributed by atoms with Gasteiger partial charge in [-0.05, 0) is 14.1 Å². The van der Waals surface area contributed by atoms with Crippen LogP contribution in [0.15, 0.2) is 4.40 Å². The highest BCUT2D eigenvalue weighted by Crippen LogP contribution is 1.98. The number of hydrogen-bond acceptors (Lipinski definition) is 5. The Kier molecular flexibility index (Phi) is 7.26. The molecule has 0 heterocycles. The molecule has 0 aliphatic carbocycles. The molecule has 0 unspecified atom stereocenters. The van der Waals surface area contributed by atoms with Gasteiger partial charge >= 0.3 is 0 Å². The summed E-state index contributed by atoms with van der Waals surface area (Å²) < 4.78 is 11.6. The molecule has 0 amide bonds. The first kappa shape index (κ1) is 10.1. The van der Waals surface area contributed by atoms with Crippen molar-refractivity contribution < 1.29 is 0 Å². The zero-order valence-electron chi connectivity index (χ0n) is 6.29. The van der Waals surface area contributed by atoms with Crippen molar-refractivity contribution in [3.8, 4) is 0 Å². The maximum atomic E-state index is 3.95. The fourth-order valence-corrected chi connectivity index (χ4v) is 1.05. The van der Waals surface area contributed by atoms with Crippen molar-refractivity contribution in [3.05, 3.63) is 0 Å². The molecule has 0 bridgehead atoms. The summed E-state index contributed by atoms with van der Waals surface area (Å²) in [6.45, 7) is 0. The van der Waals surface area contributed by atoms with E-state index in [-0.39, 0.29) is 0 Å². The van der Waals surface area contributed by atoms with E-state index in [9.17, 15) is 0 Å². The molecule has 0 fully saturated rings. The molecule has 4 nitrogen and oxygen atoms in total. The molecule has 10 heavy (non-hydrogen) atoms. The molecular formula is C4H12N4S2. The van der Waals surface area contributed by atoms with Gasteiger partial charge in [0, 0.05) is 19.2 Å². The van der Waals surface area contributed by atoms with Gasteiger partial charge in [0.25, 0.3) is 0 Å². The molecule has 0 saturated carbocycles. The first-order valence-corrected chi connectivity index (χ1v) is 4.28. The molecule has 6 heteroatoms. The summed E-state index contributed by atoms with van der Waals surface area (Å²) in [7, 11) is 5.61. The molecule has 0 aromatic rings. The SMILES string of the molecule is CNSN=CN(C)SNC. The van der Waals surface area contributed by atoms with Crippen molar-refractivity contribution in [1.29, 1.82) is 0 Å². The molecule has 0 radical (unpaired) electrons. The van der Waals surface area contributed by atoms with Crippen molar-refractivity contribution in [3.63, 3.8) is 0 Å². The van der Waals surface area contributed by atoms with E-state index in [2.05, 4.69) is 13.8 Å². The lowest BCUT2D eigenvalue weighted by molar-refractivity contribution is 0.863. The van der Waals surface area contributed by atoms with E-state index in [1.54, 1.807) is 6.34 Å². The fraction of sp³-hybridized carbons (Fsp3) is 0.750. The van der Waals surface area contributed by atoms with Crippen molar-refractivity contribution in [2.45, 2.75) is 0 Å². The summed E-state index contributed by atoms with van der Waals surface area (Å²) in [4.78, 5) is 0. The first-order valence-electron chi connectivity index (χ1n) is 2.74. The highest BCUT2D eigenvalue weighted by Gasteiger charge is 1.86. The van der Waals surface area contributed by atoms with Crippen LogP contribution in [0.2, 0.25) is 0 Å². The van der Waals surface area contributed by atoms with E-state index >= 15 is 0 Å². The van der Waals surface area contributed by atoms with Crippen LogP contribution in [-0.2, 0) is 0 Å². The zero-order chi connectivity index (χ0) is 7.82. The Hall–Kier alpha value is 0.0900. The number of nitrogens with one attached hydrogen (secondary N) is 2. The Balaban J connectivity index is 3.26. The third kappa shape index (κ3) is 6.21. The molecular weight excluding hydrogens is 168 g/mol. The average molecular weight is 180 g/mol. The minimum Gasteiger partial charge on any atom is -0.296 e. The van der Waals surface area contributed by atoms with Crippen molar-refractivity contribution >= 4 is 30.6 Å². The van der Waals surface area contributed by atoms with Crippen LogP contribution >= 0.6 is 24.3 Å². The predicted octanol–water partition coefficient (Wildman–Crippen LogP) is 0.512. The molecule has 0 atom stereocenters. The van der Waals surface area contributed by atoms with Crippen LogP contribution < -0.4 is 9.44 Å². The maximum absolute atomic E-state index is 3.95. The van der Waals surface area contributed by atoms with E-state index in [0.717, 1.165) is 0 Å². The third-order valence-electron chi connectivity index (χ3n) is 0.589. The topological polar surface area (TPSA) is 39.7 Å². The van der Waals surface area contributed by atoms with Crippen molar-refractivity contribution in [2.24, 2.45) is 4.40 Å². The van der Waals surface area contributed by atoms with Gasteiger partial charge in [-0.15, -0.1) is 0 Å². The summed E-state index contributed by atoms with van der Waals surface area (Å²) in [6.07, 6.45) is 1.72. The van der Waals surface area contributed by atoms with Gasteiger partial charge in [-0.3, -0.25) is 4.31 Å². The molecule has 0 aliphatic rings. The quantitative estimate of drug-likeness (QED) is 0.366. The van der Waals surface area contributed by atoms with Gasteiger partial charge in [-0.2, -0.15) is 4.40 Å². The summed E-state index contributed by atoms with van der Waals surface area (Å²) in [5.41, 5.74) is 0. The molecule has 60 valence electrons. The maximum Gasteiger partial charge on any atom is 0.111 e. The standard InChI is InChI=1S/C4H12N4S2/c1-5-9-7-4-8(3)10-6-2/h4-6H,1-3H3. The monoisotopic (exact) mass is 180 g/mol. The molecule has 0 spiro atoms. The van der Waals surface area contributed by atoms with Crippen LogP contribution in [-0.4, -0.2) is 31.8 Å². The van der Waals surface area contributed by atoms with Gasteiger partial charge in [0.15, 0.2) is 0 Å². The average Bonchev–Trinajstić information content (AvgIpc) is 1.89. The molecule has 2 N–H and O–H groups in total. The van der Waals surface area contributed by atoms with Crippen LogP contribution in [0.1, 0.15) is 0 Å². The second kappa shape index (κ2) is 7.20.